The number of rotatable bonds is 4. The van der Waals surface area contributed by atoms with Gasteiger partial charge in [0.1, 0.15) is 11.6 Å². The second-order valence-electron chi connectivity index (χ2n) is 6.11. The molecule has 1 aromatic rings. The fourth-order valence-electron chi connectivity index (χ4n) is 3.38. The first-order valence-corrected chi connectivity index (χ1v) is 7.97. The maximum atomic E-state index is 13.4. The predicted octanol–water partition coefficient (Wildman–Crippen LogP) is 3.36. The van der Waals surface area contributed by atoms with Gasteiger partial charge in [0.25, 0.3) is 0 Å². The van der Waals surface area contributed by atoms with Crippen LogP contribution >= 0.6 is 0 Å². The molecule has 1 aliphatic rings. The first kappa shape index (κ1) is 17.5. The van der Waals surface area contributed by atoms with E-state index in [0.29, 0.717) is 18.8 Å². The molecular formula is C17H25FN2O3. The summed E-state index contributed by atoms with van der Waals surface area (Å²) in [4.78, 5) is 15.1. The fraction of sp³-hybridized carbons (Fsp3) is 0.588. The minimum atomic E-state index is -0.873. The van der Waals surface area contributed by atoms with E-state index >= 15 is 0 Å². The zero-order valence-corrected chi connectivity index (χ0v) is 14.1. The fourth-order valence-corrected chi connectivity index (χ4v) is 3.38. The summed E-state index contributed by atoms with van der Waals surface area (Å²) in [5.74, 6) is 0.203. The Morgan fingerprint density at radius 3 is 2.74 bits per heavy atom. The molecule has 1 unspecified atom stereocenters. The van der Waals surface area contributed by atoms with E-state index in [1.807, 2.05) is 6.92 Å². The van der Waals surface area contributed by atoms with Crippen LogP contribution in [0.15, 0.2) is 18.2 Å². The van der Waals surface area contributed by atoms with E-state index in [9.17, 15) is 14.3 Å². The van der Waals surface area contributed by atoms with Crippen molar-refractivity contribution >= 4 is 6.09 Å². The van der Waals surface area contributed by atoms with Crippen molar-refractivity contribution in [1.82, 2.24) is 9.80 Å². The summed E-state index contributed by atoms with van der Waals surface area (Å²) in [6, 6.07) is 4.65. The summed E-state index contributed by atoms with van der Waals surface area (Å²) in [5, 5.41) is 9.32. The highest BCUT2D eigenvalue weighted by atomic mass is 19.1. The molecule has 0 saturated carbocycles. The summed E-state index contributed by atoms with van der Waals surface area (Å²) in [6.07, 6.45) is -0.0210. The van der Waals surface area contributed by atoms with Gasteiger partial charge >= 0.3 is 6.09 Å². The number of carboxylic acid groups (broad SMARTS) is 1. The Morgan fingerprint density at radius 2 is 2.17 bits per heavy atom. The Balaban J connectivity index is 2.27. The lowest BCUT2D eigenvalue weighted by Gasteiger charge is -2.46. The standard InChI is InChI=1S/C17H25FN2O3/c1-5-14-10-19(17(21)22)11(2)9-20(14)12(3)15-7-6-13(18)8-16(15)23-4/h6-8,11-12,14H,5,9-10H2,1-4H3,(H,21,22)/t11-,12?,14+/m0/s1. The van der Waals surface area contributed by atoms with Gasteiger partial charge in [-0.3, -0.25) is 4.90 Å². The van der Waals surface area contributed by atoms with Crippen LogP contribution in [0, 0.1) is 5.82 Å². The molecule has 1 N–H and O–H groups in total. The van der Waals surface area contributed by atoms with E-state index in [1.54, 1.807) is 6.07 Å². The molecule has 1 aromatic carbocycles. The van der Waals surface area contributed by atoms with Crippen LogP contribution in [0.4, 0.5) is 9.18 Å². The van der Waals surface area contributed by atoms with Crippen LogP contribution in [0.1, 0.15) is 38.8 Å². The van der Waals surface area contributed by atoms with Crippen LogP contribution in [0.25, 0.3) is 0 Å². The van der Waals surface area contributed by atoms with Gasteiger partial charge in [-0.25, -0.2) is 9.18 Å². The van der Waals surface area contributed by atoms with Crippen molar-refractivity contribution in [2.75, 3.05) is 20.2 Å². The normalized spacial score (nSPS) is 23.6. The lowest BCUT2D eigenvalue weighted by molar-refractivity contribution is 0.0146. The first-order valence-electron chi connectivity index (χ1n) is 7.97. The maximum absolute atomic E-state index is 13.4. The quantitative estimate of drug-likeness (QED) is 0.923. The molecule has 2 rings (SSSR count). The molecule has 1 amide bonds. The van der Waals surface area contributed by atoms with Gasteiger partial charge in [-0.05, 0) is 26.3 Å². The van der Waals surface area contributed by atoms with E-state index in [0.717, 1.165) is 12.0 Å². The predicted molar refractivity (Wildman–Crippen MR) is 86.3 cm³/mol. The Labute approximate surface area is 136 Å². The maximum Gasteiger partial charge on any atom is 0.407 e. The monoisotopic (exact) mass is 324 g/mol. The average Bonchev–Trinajstić information content (AvgIpc) is 2.53. The van der Waals surface area contributed by atoms with Crippen LogP contribution in [0.5, 0.6) is 5.75 Å². The van der Waals surface area contributed by atoms with Crippen LogP contribution in [0.3, 0.4) is 0 Å². The smallest absolute Gasteiger partial charge is 0.407 e. The molecule has 128 valence electrons. The van der Waals surface area contributed by atoms with Crippen LogP contribution in [-0.4, -0.2) is 53.3 Å². The highest BCUT2D eigenvalue weighted by Crippen LogP contribution is 2.33. The highest BCUT2D eigenvalue weighted by Gasteiger charge is 2.36. The number of ether oxygens (including phenoxy) is 1. The van der Waals surface area contributed by atoms with Gasteiger partial charge in [0.05, 0.1) is 7.11 Å². The second-order valence-corrected chi connectivity index (χ2v) is 6.11. The van der Waals surface area contributed by atoms with Gasteiger partial charge in [-0.1, -0.05) is 13.0 Å². The van der Waals surface area contributed by atoms with Crippen molar-refractivity contribution in [2.24, 2.45) is 0 Å². The third kappa shape index (κ3) is 3.58. The molecule has 1 heterocycles. The number of piperazine rings is 1. The first-order chi connectivity index (χ1) is 10.9. The van der Waals surface area contributed by atoms with Gasteiger partial charge < -0.3 is 14.7 Å². The number of hydrogen-bond donors (Lipinski definition) is 1. The van der Waals surface area contributed by atoms with Crippen molar-refractivity contribution in [1.29, 1.82) is 0 Å². The molecule has 0 aliphatic carbocycles. The zero-order chi connectivity index (χ0) is 17.1. The number of methoxy groups -OCH3 is 1. The summed E-state index contributed by atoms with van der Waals surface area (Å²) in [6.45, 7) is 7.17. The number of hydrogen-bond acceptors (Lipinski definition) is 3. The number of benzene rings is 1. The Bertz CT molecular complexity index is 567. The van der Waals surface area contributed by atoms with Crippen LogP contribution in [-0.2, 0) is 0 Å². The van der Waals surface area contributed by atoms with Gasteiger partial charge in [-0.15, -0.1) is 0 Å². The molecule has 1 fully saturated rings. The Kier molecular flexibility index (Phi) is 5.46. The van der Waals surface area contributed by atoms with Gasteiger partial charge in [0.15, 0.2) is 0 Å². The zero-order valence-electron chi connectivity index (χ0n) is 14.1. The van der Waals surface area contributed by atoms with E-state index < -0.39 is 6.09 Å². The lowest BCUT2D eigenvalue weighted by atomic mass is 9.98. The summed E-state index contributed by atoms with van der Waals surface area (Å²) in [5.41, 5.74) is 0.920. The van der Waals surface area contributed by atoms with Crippen molar-refractivity contribution < 1.29 is 19.0 Å². The molecule has 6 heteroatoms. The van der Waals surface area contributed by atoms with E-state index in [-0.39, 0.29) is 23.9 Å². The SMILES string of the molecule is CC[C@@H]1CN(C(=O)O)[C@@H](C)CN1C(C)c1ccc(F)cc1OC. The van der Waals surface area contributed by atoms with Crippen molar-refractivity contribution in [3.05, 3.63) is 29.6 Å². The summed E-state index contributed by atoms with van der Waals surface area (Å²) < 4.78 is 18.7. The molecule has 5 nitrogen and oxygen atoms in total. The van der Waals surface area contributed by atoms with E-state index in [1.165, 1.54) is 24.1 Å². The lowest BCUT2D eigenvalue weighted by Crippen LogP contribution is -2.58. The molecule has 0 bridgehead atoms. The van der Waals surface area contributed by atoms with E-state index in [2.05, 4.69) is 18.7 Å². The number of amides is 1. The Morgan fingerprint density at radius 1 is 1.48 bits per heavy atom. The minimum Gasteiger partial charge on any atom is -0.496 e. The number of nitrogens with zero attached hydrogens (tertiary/aromatic N) is 2. The largest absolute Gasteiger partial charge is 0.496 e. The summed E-state index contributed by atoms with van der Waals surface area (Å²) in [7, 11) is 1.54. The van der Waals surface area contributed by atoms with Gasteiger partial charge in [0.2, 0.25) is 0 Å². The molecule has 1 saturated heterocycles. The van der Waals surface area contributed by atoms with E-state index in [4.69, 9.17) is 4.74 Å². The third-order valence-corrected chi connectivity index (χ3v) is 4.74. The second kappa shape index (κ2) is 7.17. The van der Waals surface area contributed by atoms with Crippen molar-refractivity contribution in [3.8, 4) is 5.75 Å². The minimum absolute atomic E-state index is 0.0221. The summed E-state index contributed by atoms with van der Waals surface area (Å²) >= 11 is 0. The molecule has 0 aromatic heterocycles. The van der Waals surface area contributed by atoms with Crippen molar-refractivity contribution in [3.63, 3.8) is 0 Å². The topological polar surface area (TPSA) is 53.0 Å². The molecule has 0 radical (unpaired) electrons. The molecular weight excluding hydrogens is 299 g/mol. The number of carbonyl (C=O) groups is 1. The van der Waals surface area contributed by atoms with Crippen LogP contribution in [0.2, 0.25) is 0 Å². The Hall–Kier alpha value is -1.82. The molecule has 23 heavy (non-hydrogen) atoms. The number of halogens is 1. The van der Waals surface area contributed by atoms with Crippen molar-refractivity contribution in [2.45, 2.75) is 45.3 Å². The van der Waals surface area contributed by atoms with Crippen LogP contribution < -0.4 is 4.74 Å². The third-order valence-electron chi connectivity index (χ3n) is 4.74. The molecule has 1 aliphatic heterocycles. The molecule has 3 atom stereocenters. The molecule has 0 spiro atoms. The average molecular weight is 324 g/mol. The van der Waals surface area contributed by atoms with Gasteiger partial charge in [-0.2, -0.15) is 0 Å². The van der Waals surface area contributed by atoms with Gasteiger partial charge in [0, 0.05) is 42.8 Å². The highest BCUT2D eigenvalue weighted by molar-refractivity contribution is 5.65.